The highest BCUT2D eigenvalue weighted by Gasteiger charge is 2.10. The van der Waals surface area contributed by atoms with Gasteiger partial charge in [-0.2, -0.15) is 0 Å². The molecule has 3 nitrogen and oxygen atoms in total. The number of benzene rings is 1. The van der Waals surface area contributed by atoms with Crippen molar-refractivity contribution in [3.8, 4) is 0 Å². The van der Waals surface area contributed by atoms with Gasteiger partial charge in [0.2, 0.25) is 5.91 Å². The van der Waals surface area contributed by atoms with Crippen LogP contribution in [0.4, 0.5) is 0 Å². The first kappa shape index (κ1) is 13.7. The first-order valence-corrected chi connectivity index (χ1v) is 6.09. The highest BCUT2D eigenvalue weighted by Crippen LogP contribution is 2.17. The van der Waals surface area contributed by atoms with E-state index in [2.05, 4.69) is 5.32 Å². The Kier molecular flexibility index (Phi) is 5.70. The lowest BCUT2D eigenvalue weighted by Crippen LogP contribution is -2.27. The Balaban J connectivity index is 2.31. The molecule has 0 heterocycles. The van der Waals surface area contributed by atoms with Gasteiger partial charge >= 0.3 is 0 Å². The van der Waals surface area contributed by atoms with Crippen molar-refractivity contribution in [3.63, 3.8) is 0 Å². The maximum absolute atomic E-state index is 11.6. The summed E-state index contributed by atoms with van der Waals surface area (Å²) in [5, 5.41) is 11.9. The van der Waals surface area contributed by atoms with Crippen LogP contribution >= 0.6 is 0 Å². The van der Waals surface area contributed by atoms with Crippen LogP contribution in [0.1, 0.15) is 38.2 Å². The van der Waals surface area contributed by atoms with Gasteiger partial charge in [-0.05, 0) is 24.8 Å². The van der Waals surface area contributed by atoms with Crippen molar-refractivity contribution in [2.45, 2.75) is 38.7 Å². The van der Waals surface area contributed by atoms with Gasteiger partial charge in [0.05, 0.1) is 6.10 Å². The molecule has 0 aliphatic rings. The highest BCUT2D eigenvalue weighted by atomic mass is 16.3. The van der Waals surface area contributed by atoms with Gasteiger partial charge in [-0.1, -0.05) is 37.3 Å². The minimum Gasteiger partial charge on any atom is -0.393 e. The molecule has 0 bridgehead atoms. The second kappa shape index (κ2) is 7.07. The van der Waals surface area contributed by atoms with Gasteiger partial charge in [-0.3, -0.25) is 4.79 Å². The molecule has 0 spiro atoms. The third kappa shape index (κ3) is 5.50. The van der Waals surface area contributed by atoms with Gasteiger partial charge < -0.3 is 10.4 Å². The van der Waals surface area contributed by atoms with E-state index in [1.165, 1.54) is 5.56 Å². The molecule has 17 heavy (non-hydrogen) atoms. The van der Waals surface area contributed by atoms with E-state index in [-0.39, 0.29) is 17.9 Å². The van der Waals surface area contributed by atoms with Crippen molar-refractivity contribution < 1.29 is 9.90 Å². The van der Waals surface area contributed by atoms with E-state index < -0.39 is 0 Å². The molecule has 1 amide bonds. The number of aliphatic hydroxyl groups is 1. The standard InChI is InChI=1S/C14H21NO2/c1-11(13-6-4-3-5-7-13)10-14(17)15-9-8-12(2)16/h3-7,11-12,16H,8-10H2,1-2H3,(H,15,17). The second-order valence-corrected chi connectivity index (χ2v) is 4.50. The van der Waals surface area contributed by atoms with Crippen LogP contribution in [0.5, 0.6) is 0 Å². The number of aliphatic hydroxyl groups excluding tert-OH is 1. The van der Waals surface area contributed by atoms with Crippen LogP contribution in [-0.2, 0) is 4.79 Å². The predicted molar refractivity (Wildman–Crippen MR) is 68.8 cm³/mol. The monoisotopic (exact) mass is 235 g/mol. The van der Waals surface area contributed by atoms with E-state index >= 15 is 0 Å². The number of hydrogen-bond acceptors (Lipinski definition) is 2. The predicted octanol–water partition coefficient (Wildman–Crippen LogP) is 2.07. The first-order chi connectivity index (χ1) is 8.09. The average molecular weight is 235 g/mol. The molecule has 0 fully saturated rings. The number of nitrogens with one attached hydrogen (secondary N) is 1. The Bertz CT molecular complexity index is 335. The summed E-state index contributed by atoms with van der Waals surface area (Å²) in [6, 6.07) is 10.0. The number of hydrogen-bond donors (Lipinski definition) is 2. The molecule has 1 rings (SSSR count). The van der Waals surface area contributed by atoms with Crippen LogP contribution in [0.2, 0.25) is 0 Å². The lowest BCUT2D eigenvalue weighted by molar-refractivity contribution is -0.121. The van der Waals surface area contributed by atoms with Crippen LogP contribution in [-0.4, -0.2) is 23.7 Å². The lowest BCUT2D eigenvalue weighted by atomic mass is 9.97. The van der Waals surface area contributed by atoms with E-state index in [1.54, 1.807) is 6.92 Å². The van der Waals surface area contributed by atoms with Gasteiger partial charge in [-0.25, -0.2) is 0 Å². The number of amides is 1. The zero-order valence-corrected chi connectivity index (χ0v) is 10.5. The third-order valence-corrected chi connectivity index (χ3v) is 2.74. The molecule has 0 aliphatic heterocycles. The Morgan fingerprint density at radius 2 is 1.94 bits per heavy atom. The summed E-state index contributed by atoms with van der Waals surface area (Å²) in [5.74, 6) is 0.268. The molecule has 1 aromatic carbocycles. The molecule has 0 radical (unpaired) electrons. The van der Waals surface area contributed by atoms with Crippen LogP contribution in [0, 0.1) is 0 Å². The van der Waals surface area contributed by atoms with Crippen LogP contribution in [0.3, 0.4) is 0 Å². The molecular formula is C14H21NO2. The Morgan fingerprint density at radius 1 is 1.29 bits per heavy atom. The molecule has 0 saturated carbocycles. The lowest BCUT2D eigenvalue weighted by Gasteiger charge is -2.12. The Morgan fingerprint density at radius 3 is 2.53 bits per heavy atom. The summed E-state index contributed by atoms with van der Waals surface area (Å²) < 4.78 is 0. The highest BCUT2D eigenvalue weighted by molar-refractivity contribution is 5.76. The van der Waals surface area contributed by atoms with E-state index in [9.17, 15) is 4.79 Å². The van der Waals surface area contributed by atoms with E-state index in [0.29, 0.717) is 19.4 Å². The van der Waals surface area contributed by atoms with Gasteiger partial charge in [0, 0.05) is 13.0 Å². The Labute approximate surface area is 103 Å². The molecule has 2 N–H and O–H groups in total. The van der Waals surface area contributed by atoms with Crippen molar-refractivity contribution in [1.82, 2.24) is 5.32 Å². The zero-order chi connectivity index (χ0) is 12.7. The van der Waals surface area contributed by atoms with Gasteiger partial charge in [0.15, 0.2) is 0 Å². The largest absolute Gasteiger partial charge is 0.393 e. The van der Waals surface area contributed by atoms with Crippen LogP contribution in [0.25, 0.3) is 0 Å². The van der Waals surface area contributed by atoms with Gasteiger partial charge in [-0.15, -0.1) is 0 Å². The fourth-order valence-electron chi connectivity index (χ4n) is 1.67. The molecule has 1 aromatic rings. The summed E-state index contributed by atoms with van der Waals surface area (Å²) in [6.45, 7) is 4.31. The SMILES string of the molecule is CC(O)CCNC(=O)CC(C)c1ccccc1. The summed E-state index contributed by atoms with van der Waals surface area (Å²) in [7, 11) is 0. The quantitative estimate of drug-likeness (QED) is 0.793. The van der Waals surface area contributed by atoms with Crippen LogP contribution < -0.4 is 5.32 Å². The summed E-state index contributed by atoms with van der Waals surface area (Å²) in [5.41, 5.74) is 1.18. The normalized spacial score (nSPS) is 14.1. The third-order valence-electron chi connectivity index (χ3n) is 2.74. The topological polar surface area (TPSA) is 49.3 Å². The van der Waals surface area contributed by atoms with Crippen LogP contribution in [0.15, 0.2) is 30.3 Å². The molecule has 0 saturated heterocycles. The van der Waals surface area contributed by atoms with E-state index in [4.69, 9.17) is 5.11 Å². The summed E-state index contributed by atoms with van der Waals surface area (Å²) in [6.07, 6.45) is 0.733. The number of rotatable bonds is 6. The molecule has 0 aromatic heterocycles. The first-order valence-electron chi connectivity index (χ1n) is 6.09. The maximum Gasteiger partial charge on any atom is 0.220 e. The van der Waals surface area contributed by atoms with Crippen molar-refractivity contribution >= 4 is 5.91 Å². The van der Waals surface area contributed by atoms with Crippen molar-refractivity contribution in [3.05, 3.63) is 35.9 Å². The Hall–Kier alpha value is -1.35. The second-order valence-electron chi connectivity index (χ2n) is 4.50. The van der Waals surface area contributed by atoms with E-state index in [0.717, 1.165) is 0 Å². The maximum atomic E-state index is 11.6. The molecule has 2 atom stereocenters. The minimum absolute atomic E-state index is 0.0435. The summed E-state index contributed by atoms with van der Waals surface area (Å²) in [4.78, 5) is 11.6. The minimum atomic E-state index is -0.359. The van der Waals surface area contributed by atoms with Crippen molar-refractivity contribution in [1.29, 1.82) is 0 Å². The number of carbonyl (C=O) groups excluding carboxylic acids is 1. The molecule has 2 unspecified atom stereocenters. The van der Waals surface area contributed by atoms with Crippen molar-refractivity contribution in [2.24, 2.45) is 0 Å². The van der Waals surface area contributed by atoms with Gasteiger partial charge in [0.25, 0.3) is 0 Å². The molecular weight excluding hydrogens is 214 g/mol. The van der Waals surface area contributed by atoms with Gasteiger partial charge in [0.1, 0.15) is 0 Å². The molecule has 3 heteroatoms. The molecule has 0 aliphatic carbocycles. The zero-order valence-electron chi connectivity index (χ0n) is 10.5. The number of carbonyl (C=O) groups is 1. The fourth-order valence-corrected chi connectivity index (χ4v) is 1.67. The van der Waals surface area contributed by atoms with E-state index in [1.807, 2.05) is 37.3 Å². The molecule has 94 valence electrons. The van der Waals surface area contributed by atoms with Crippen molar-refractivity contribution in [2.75, 3.05) is 6.54 Å². The summed E-state index contributed by atoms with van der Waals surface area (Å²) >= 11 is 0. The average Bonchev–Trinajstić information content (AvgIpc) is 2.29. The fraction of sp³-hybridized carbons (Fsp3) is 0.500. The smallest absolute Gasteiger partial charge is 0.220 e.